The summed E-state index contributed by atoms with van der Waals surface area (Å²) in [5.74, 6) is -3.18. The number of ether oxygens (including phenoxy) is 1. The second-order valence-corrected chi connectivity index (χ2v) is 8.94. The van der Waals surface area contributed by atoms with Gasteiger partial charge in [0.15, 0.2) is 0 Å². The summed E-state index contributed by atoms with van der Waals surface area (Å²) in [5.41, 5.74) is -3.29. The molecule has 5 rings (SSSR count). The zero-order valence-corrected chi connectivity index (χ0v) is 14.1. The molecule has 1 heterocycles. The summed E-state index contributed by atoms with van der Waals surface area (Å²) in [6.45, 7) is 5.64. The minimum Gasteiger partial charge on any atom is -0.481 e. The zero-order chi connectivity index (χ0) is 18.0. The van der Waals surface area contributed by atoms with Crippen molar-refractivity contribution < 1.29 is 29.6 Å². The fraction of sp³-hybridized carbons (Fsp3) is 0.684. The van der Waals surface area contributed by atoms with Crippen LogP contribution in [0.25, 0.3) is 0 Å². The topological polar surface area (TPSA) is 104 Å². The van der Waals surface area contributed by atoms with Gasteiger partial charge in [0.2, 0.25) is 0 Å². The second kappa shape index (κ2) is 4.01. The van der Waals surface area contributed by atoms with Crippen LogP contribution in [0.3, 0.4) is 0 Å². The molecule has 6 heteroatoms. The van der Waals surface area contributed by atoms with Crippen molar-refractivity contribution in [3.63, 3.8) is 0 Å². The minimum atomic E-state index is -1.27. The Hall–Kier alpha value is -1.66. The fourth-order valence-electron chi connectivity index (χ4n) is 7.13. The van der Waals surface area contributed by atoms with Gasteiger partial charge >= 0.3 is 11.9 Å². The summed E-state index contributed by atoms with van der Waals surface area (Å²) in [6, 6.07) is 0. The maximum Gasteiger partial charge on any atom is 0.316 e. The van der Waals surface area contributed by atoms with E-state index in [2.05, 4.69) is 6.58 Å². The average Bonchev–Trinajstić information content (AvgIpc) is 2.95. The molecular formula is C19H22O6. The highest BCUT2D eigenvalue weighted by Gasteiger charge is 2.83. The van der Waals surface area contributed by atoms with Crippen molar-refractivity contribution in [3.8, 4) is 0 Å². The Labute approximate surface area is 145 Å². The third-order valence-electron chi connectivity index (χ3n) is 8.12. The van der Waals surface area contributed by atoms with Crippen LogP contribution < -0.4 is 0 Å². The molecule has 0 aromatic rings. The number of aliphatic hydroxyl groups excluding tert-OH is 1. The largest absolute Gasteiger partial charge is 0.481 e. The Kier molecular flexibility index (Phi) is 2.50. The highest BCUT2D eigenvalue weighted by Crippen LogP contribution is 2.77. The summed E-state index contributed by atoms with van der Waals surface area (Å²) in [7, 11) is 0. The van der Waals surface area contributed by atoms with Gasteiger partial charge in [-0.15, -0.1) is 0 Å². The van der Waals surface area contributed by atoms with E-state index in [1.165, 1.54) is 0 Å². The maximum atomic E-state index is 12.7. The van der Waals surface area contributed by atoms with Crippen molar-refractivity contribution in [3.05, 3.63) is 24.3 Å². The minimum absolute atomic E-state index is 0.180. The van der Waals surface area contributed by atoms with Crippen LogP contribution in [-0.2, 0) is 14.3 Å². The SMILES string of the molecule is C=C1C[C@]23C[C@@]1(O)CC[C@H]2[C@@]12C=C[C@H](O)C(C)(C(=O)O1)[C@@H]2[C@@H]3C(=O)O. The predicted octanol–water partition coefficient (Wildman–Crippen LogP) is 1.03. The van der Waals surface area contributed by atoms with E-state index >= 15 is 0 Å². The molecule has 0 radical (unpaired) electrons. The summed E-state index contributed by atoms with van der Waals surface area (Å²) in [6.07, 6.45) is 4.11. The first kappa shape index (κ1) is 15.6. The van der Waals surface area contributed by atoms with Gasteiger partial charge in [-0.3, -0.25) is 9.59 Å². The number of carboxylic acid groups (broad SMARTS) is 1. The van der Waals surface area contributed by atoms with Crippen molar-refractivity contribution in [1.82, 2.24) is 0 Å². The van der Waals surface area contributed by atoms with Gasteiger partial charge in [-0.25, -0.2) is 0 Å². The molecule has 0 aromatic heterocycles. The number of aliphatic hydroxyl groups is 2. The Morgan fingerprint density at radius 3 is 2.84 bits per heavy atom. The fourth-order valence-corrected chi connectivity index (χ4v) is 7.13. The molecule has 4 aliphatic carbocycles. The smallest absolute Gasteiger partial charge is 0.316 e. The van der Waals surface area contributed by atoms with Gasteiger partial charge in [0.1, 0.15) is 11.0 Å². The molecule has 1 spiro atoms. The van der Waals surface area contributed by atoms with Crippen LogP contribution in [0.2, 0.25) is 0 Å². The van der Waals surface area contributed by atoms with Crippen molar-refractivity contribution in [2.24, 2.45) is 28.6 Å². The number of carbonyl (C=O) groups excluding carboxylic acids is 1. The molecule has 1 saturated heterocycles. The molecule has 3 N–H and O–H groups in total. The van der Waals surface area contributed by atoms with E-state index in [9.17, 15) is 24.9 Å². The normalized spacial score (nSPS) is 58.0. The predicted molar refractivity (Wildman–Crippen MR) is 85.2 cm³/mol. The van der Waals surface area contributed by atoms with Gasteiger partial charge in [-0.1, -0.05) is 12.7 Å². The number of carboxylic acids is 1. The highest BCUT2D eigenvalue weighted by molar-refractivity contribution is 5.86. The van der Waals surface area contributed by atoms with Crippen molar-refractivity contribution in [2.45, 2.75) is 49.9 Å². The van der Waals surface area contributed by atoms with Crippen LogP contribution in [-0.4, -0.2) is 44.6 Å². The van der Waals surface area contributed by atoms with E-state index in [0.29, 0.717) is 31.3 Å². The molecule has 3 saturated carbocycles. The molecule has 1 unspecified atom stereocenters. The van der Waals surface area contributed by atoms with Crippen LogP contribution in [0.5, 0.6) is 0 Å². The third kappa shape index (κ3) is 1.36. The van der Waals surface area contributed by atoms with E-state index in [-0.39, 0.29) is 5.92 Å². The molecule has 1 aliphatic heterocycles. The van der Waals surface area contributed by atoms with E-state index in [0.717, 1.165) is 0 Å². The van der Waals surface area contributed by atoms with Gasteiger partial charge < -0.3 is 20.1 Å². The van der Waals surface area contributed by atoms with Crippen LogP contribution in [0.1, 0.15) is 32.6 Å². The summed E-state index contributed by atoms with van der Waals surface area (Å²) < 4.78 is 5.87. The summed E-state index contributed by atoms with van der Waals surface area (Å²) in [5, 5.41) is 31.6. The third-order valence-corrected chi connectivity index (χ3v) is 8.12. The highest BCUT2D eigenvalue weighted by atomic mass is 16.6. The lowest BCUT2D eigenvalue weighted by molar-refractivity contribution is -0.163. The monoisotopic (exact) mass is 346 g/mol. The number of hydrogen-bond donors (Lipinski definition) is 3. The van der Waals surface area contributed by atoms with Crippen LogP contribution in [0, 0.1) is 28.6 Å². The first-order valence-electron chi connectivity index (χ1n) is 8.86. The Balaban J connectivity index is 1.78. The number of fused-ring (bicyclic) bond motifs is 1. The van der Waals surface area contributed by atoms with Gasteiger partial charge in [0.25, 0.3) is 0 Å². The van der Waals surface area contributed by atoms with Gasteiger partial charge in [-0.2, -0.15) is 0 Å². The number of rotatable bonds is 1. The standard InChI is InChI=1S/C19H22O6/c1-9-7-17-8-18(9,24)5-3-10(17)19-6-4-11(20)16(2,15(23)25-19)13(19)12(17)14(21)22/h4,6,10-13,20,24H,1,3,5,7-8H2,2H3,(H,21,22)/t10-,11+,12-,13+,16?,17+,18+,19-/m1/s1. The van der Waals surface area contributed by atoms with E-state index in [1.807, 2.05) is 0 Å². The number of carbonyl (C=O) groups is 2. The van der Waals surface area contributed by atoms with E-state index in [4.69, 9.17) is 4.74 Å². The molecule has 5 aliphatic rings. The molecular weight excluding hydrogens is 324 g/mol. The molecule has 0 amide bonds. The lowest BCUT2D eigenvalue weighted by atomic mass is 9.61. The van der Waals surface area contributed by atoms with Crippen molar-refractivity contribution >= 4 is 11.9 Å². The summed E-state index contributed by atoms with van der Waals surface area (Å²) in [4.78, 5) is 25.1. The van der Waals surface area contributed by atoms with Gasteiger partial charge in [0, 0.05) is 11.8 Å². The molecule has 0 aromatic carbocycles. The van der Waals surface area contributed by atoms with E-state index < -0.39 is 51.9 Å². The first-order valence-corrected chi connectivity index (χ1v) is 8.86. The van der Waals surface area contributed by atoms with Gasteiger partial charge in [-0.05, 0) is 49.7 Å². The van der Waals surface area contributed by atoms with Crippen LogP contribution in [0.15, 0.2) is 24.3 Å². The molecule has 25 heavy (non-hydrogen) atoms. The summed E-state index contributed by atoms with van der Waals surface area (Å²) >= 11 is 0. The Bertz CT molecular complexity index is 772. The van der Waals surface area contributed by atoms with Crippen molar-refractivity contribution in [1.29, 1.82) is 0 Å². The maximum absolute atomic E-state index is 12.7. The zero-order valence-electron chi connectivity index (χ0n) is 14.1. The van der Waals surface area contributed by atoms with Crippen LogP contribution in [0.4, 0.5) is 0 Å². The second-order valence-electron chi connectivity index (χ2n) is 8.94. The quantitative estimate of drug-likeness (QED) is 0.484. The Morgan fingerprint density at radius 1 is 1.44 bits per heavy atom. The molecule has 4 fully saturated rings. The number of aliphatic carboxylic acids is 1. The molecule has 134 valence electrons. The van der Waals surface area contributed by atoms with Crippen molar-refractivity contribution in [2.75, 3.05) is 0 Å². The first-order chi connectivity index (χ1) is 11.6. The lowest BCUT2D eigenvalue weighted by Crippen LogP contribution is -2.50. The van der Waals surface area contributed by atoms with Gasteiger partial charge in [0.05, 0.1) is 17.6 Å². The number of hydrogen-bond acceptors (Lipinski definition) is 5. The molecule has 8 atom stereocenters. The molecule has 6 nitrogen and oxygen atoms in total. The van der Waals surface area contributed by atoms with Crippen LogP contribution >= 0.6 is 0 Å². The Morgan fingerprint density at radius 2 is 2.16 bits per heavy atom. The van der Waals surface area contributed by atoms with E-state index in [1.54, 1.807) is 19.1 Å². The lowest BCUT2D eigenvalue weighted by Gasteiger charge is -2.44. The average molecular weight is 346 g/mol. The molecule has 4 bridgehead atoms. The number of esters is 1.